The Labute approximate surface area is 138 Å². The second-order valence-electron chi connectivity index (χ2n) is 7.05. The van der Waals surface area contributed by atoms with Gasteiger partial charge < -0.3 is 15.3 Å². The van der Waals surface area contributed by atoms with Crippen molar-refractivity contribution in [1.29, 1.82) is 0 Å². The zero-order chi connectivity index (χ0) is 16.2. The van der Waals surface area contributed by atoms with Crippen molar-refractivity contribution in [1.82, 2.24) is 10.2 Å². The number of hydrogen-bond acceptors (Lipinski definition) is 3. The maximum Gasteiger partial charge on any atom is 0.221 e. The van der Waals surface area contributed by atoms with E-state index in [-0.39, 0.29) is 18.1 Å². The van der Waals surface area contributed by atoms with E-state index in [1.165, 1.54) is 11.1 Å². The van der Waals surface area contributed by atoms with Crippen molar-refractivity contribution in [2.24, 2.45) is 5.92 Å². The molecule has 1 heterocycles. The van der Waals surface area contributed by atoms with Crippen molar-refractivity contribution in [2.45, 2.75) is 51.2 Å². The number of carbonyl (C=O) groups excluding carboxylic acids is 1. The van der Waals surface area contributed by atoms with E-state index >= 15 is 0 Å². The number of benzene rings is 1. The summed E-state index contributed by atoms with van der Waals surface area (Å²) < 4.78 is 0. The predicted molar refractivity (Wildman–Crippen MR) is 91.1 cm³/mol. The van der Waals surface area contributed by atoms with Gasteiger partial charge >= 0.3 is 0 Å². The summed E-state index contributed by atoms with van der Waals surface area (Å²) in [5.74, 6) is 0.510. The average molecular weight is 316 g/mol. The van der Waals surface area contributed by atoms with Gasteiger partial charge in [-0.05, 0) is 56.2 Å². The molecule has 2 aliphatic rings. The molecule has 4 heteroatoms. The Morgan fingerprint density at radius 2 is 2.22 bits per heavy atom. The maximum atomic E-state index is 12.3. The van der Waals surface area contributed by atoms with Crippen LogP contribution in [0, 0.1) is 5.92 Å². The molecule has 1 amide bonds. The first-order valence-electron chi connectivity index (χ1n) is 8.91. The van der Waals surface area contributed by atoms with Crippen molar-refractivity contribution >= 4 is 5.91 Å². The van der Waals surface area contributed by atoms with Crippen LogP contribution in [0.15, 0.2) is 24.3 Å². The number of carbonyl (C=O) groups is 1. The third kappa shape index (κ3) is 4.12. The summed E-state index contributed by atoms with van der Waals surface area (Å²) in [5, 5.41) is 12.9. The van der Waals surface area contributed by atoms with Crippen molar-refractivity contribution in [2.75, 3.05) is 19.6 Å². The number of hydrogen-bond donors (Lipinski definition) is 2. The van der Waals surface area contributed by atoms with Gasteiger partial charge in [-0.1, -0.05) is 24.3 Å². The molecule has 1 aliphatic carbocycles. The smallest absolute Gasteiger partial charge is 0.221 e. The maximum absolute atomic E-state index is 12.3. The van der Waals surface area contributed by atoms with Crippen LogP contribution in [0.1, 0.15) is 49.8 Å². The molecule has 3 unspecified atom stereocenters. The molecule has 3 rings (SSSR count). The summed E-state index contributed by atoms with van der Waals surface area (Å²) in [6.07, 6.45) is 4.64. The van der Waals surface area contributed by atoms with Gasteiger partial charge in [-0.25, -0.2) is 0 Å². The van der Waals surface area contributed by atoms with Gasteiger partial charge in [0.05, 0.1) is 12.1 Å². The summed E-state index contributed by atoms with van der Waals surface area (Å²) >= 11 is 0. The molecule has 1 fully saturated rings. The number of amides is 1. The normalized spacial score (nSPS) is 25.8. The fourth-order valence-electron chi connectivity index (χ4n) is 3.89. The highest BCUT2D eigenvalue weighted by Crippen LogP contribution is 2.29. The molecular formula is C19H28N2O2. The fraction of sp³-hybridized carbons (Fsp3) is 0.632. The van der Waals surface area contributed by atoms with Crippen LogP contribution >= 0.6 is 0 Å². The molecule has 3 atom stereocenters. The Hall–Kier alpha value is -1.39. The Morgan fingerprint density at radius 3 is 3.00 bits per heavy atom. The minimum atomic E-state index is -0.243. The van der Waals surface area contributed by atoms with E-state index in [0.29, 0.717) is 12.3 Å². The van der Waals surface area contributed by atoms with Crippen molar-refractivity contribution < 1.29 is 9.90 Å². The summed E-state index contributed by atoms with van der Waals surface area (Å²) in [6.45, 7) is 4.57. The minimum Gasteiger partial charge on any atom is -0.393 e. The lowest BCUT2D eigenvalue weighted by atomic mass is 9.87. The molecule has 0 bridgehead atoms. The second-order valence-corrected chi connectivity index (χ2v) is 7.05. The van der Waals surface area contributed by atoms with E-state index < -0.39 is 0 Å². The highest BCUT2D eigenvalue weighted by atomic mass is 16.3. The molecule has 0 aromatic heterocycles. The highest BCUT2D eigenvalue weighted by molar-refractivity contribution is 5.76. The van der Waals surface area contributed by atoms with Crippen LogP contribution in [0.25, 0.3) is 0 Å². The number of nitrogens with zero attached hydrogens (tertiary/aromatic N) is 1. The first kappa shape index (κ1) is 16.5. The van der Waals surface area contributed by atoms with Crippen molar-refractivity contribution in [3.63, 3.8) is 0 Å². The molecule has 1 aromatic rings. The largest absolute Gasteiger partial charge is 0.393 e. The van der Waals surface area contributed by atoms with E-state index in [2.05, 4.69) is 34.5 Å². The zero-order valence-electron chi connectivity index (χ0n) is 14.0. The van der Waals surface area contributed by atoms with Gasteiger partial charge in [0.15, 0.2) is 0 Å². The molecule has 0 spiro atoms. The molecule has 1 saturated heterocycles. The van der Waals surface area contributed by atoms with Gasteiger partial charge in [0, 0.05) is 19.5 Å². The molecule has 1 aliphatic heterocycles. The SMILES string of the molecule is CC(O)C1CCN(CCC(=O)NC2CCCc3ccccc32)C1. The summed E-state index contributed by atoms with van der Waals surface area (Å²) in [7, 11) is 0. The van der Waals surface area contributed by atoms with Crippen molar-refractivity contribution in [3.8, 4) is 0 Å². The fourth-order valence-corrected chi connectivity index (χ4v) is 3.89. The van der Waals surface area contributed by atoms with Gasteiger partial charge in [0.1, 0.15) is 0 Å². The van der Waals surface area contributed by atoms with Crippen LogP contribution in [0.5, 0.6) is 0 Å². The van der Waals surface area contributed by atoms with E-state index in [0.717, 1.165) is 45.3 Å². The number of aliphatic hydroxyl groups excluding tert-OH is 1. The number of fused-ring (bicyclic) bond motifs is 1. The van der Waals surface area contributed by atoms with Gasteiger partial charge in [-0.3, -0.25) is 4.79 Å². The summed E-state index contributed by atoms with van der Waals surface area (Å²) in [4.78, 5) is 14.6. The Bertz CT molecular complexity index is 544. The molecule has 2 N–H and O–H groups in total. The monoisotopic (exact) mass is 316 g/mol. The average Bonchev–Trinajstić information content (AvgIpc) is 3.03. The molecule has 0 saturated carbocycles. The first-order valence-corrected chi connectivity index (χ1v) is 8.91. The zero-order valence-corrected chi connectivity index (χ0v) is 14.0. The number of nitrogens with one attached hydrogen (secondary N) is 1. The number of aliphatic hydroxyl groups is 1. The van der Waals surface area contributed by atoms with Gasteiger partial charge in [0.2, 0.25) is 5.91 Å². The highest BCUT2D eigenvalue weighted by Gasteiger charge is 2.26. The van der Waals surface area contributed by atoms with Crippen molar-refractivity contribution in [3.05, 3.63) is 35.4 Å². The number of likely N-dealkylation sites (tertiary alicyclic amines) is 1. The lowest BCUT2D eigenvalue weighted by Gasteiger charge is -2.26. The minimum absolute atomic E-state index is 0.146. The summed E-state index contributed by atoms with van der Waals surface area (Å²) in [5.41, 5.74) is 2.67. The standard InChI is InChI=1S/C19H28N2O2/c1-14(22)16-9-11-21(13-16)12-10-19(23)20-18-8-4-6-15-5-2-3-7-17(15)18/h2-3,5,7,14,16,18,22H,4,6,8-13H2,1H3,(H,20,23). The number of rotatable bonds is 5. The van der Waals surface area contributed by atoms with Gasteiger partial charge in [0.25, 0.3) is 0 Å². The topological polar surface area (TPSA) is 52.6 Å². The molecule has 0 radical (unpaired) electrons. The second kappa shape index (κ2) is 7.45. The lowest BCUT2D eigenvalue weighted by Crippen LogP contribution is -2.34. The molecule has 23 heavy (non-hydrogen) atoms. The van der Waals surface area contributed by atoms with Crippen LogP contribution in [0.2, 0.25) is 0 Å². The number of aryl methyl sites for hydroxylation is 1. The first-order chi connectivity index (χ1) is 11.1. The van der Waals surface area contributed by atoms with Crippen LogP contribution in [0.4, 0.5) is 0 Å². The molecule has 1 aromatic carbocycles. The third-order valence-electron chi connectivity index (χ3n) is 5.35. The van der Waals surface area contributed by atoms with E-state index in [1.54, 1.807) is 0 Å². The van der Waals surface area contributed by atoms with Gasteiger partial charge in [-0.2, -0.15) is 0 Å². The molecular weight excluding hydrogens is 288 g/mol. The predicted octanol–water partition coefficient (Wildman–Crippen LogP) is 2.27. The van der Waals surface area contributed by atoms with E-state index in [4.69, 9.17) is 0 Å². The van der Waals surface area contributed by atoms with E-state index in [1.807, 2.05) is 6.92 Å². The quantitative estimate of drug-likeness (QED) is 0.876. The van der Waals surface area contributed by atoms with Crippen LogP contribution in [-0.2, 0) is 11.2 Å². The van der Waals surface area contributed by atoms with Crippen LogP contribution in [-0.4, -0.2) is 41.7 Å². The Morgan fingerprint density at radius 1 is 1.39 bits per heavy atom. The molecule has 4 nitrogen and oxygen atoms in total. The third-order valence-corrected chi connectivity index (χ3v) is 5.35. The van der Waals surface area contributed by atoms with Gasteiger partial charge in [-0.15, -0.1) is 0 Å². The molecule has 126 valence electrons. The Kier molecular flexibility index (Phi) is 5.34. The lowest BCUT2D eigenvalue weighted by molar-refractivity contribution is -0.122. The van der Waals surface area contributed by atoms with Crippen LogP contribution < -0.4 is 5.32 Å². The van der Waals surface area contributed by atoms with Crippen LogP contribution in [0.3, 0.4) is 0 Å². The van der Waals surface area contributed by atoms with E-state index in [9.17, 15) is 9.90 Å². The Balaban J connectivity index is 1.47. The summed E-state index contributed by atoms with van der Waals surface area (Å²) in [6, 6.07) is 8.64.